The van der Waals surface area contributed by atoms with Crippen molar-refractivity contribution in [2.75, 3.05) is 13.1 Å². The number of nitrogens with zero attached hydrogens (tertiary/aromatic N) is 2. The van der Waals surface area contributed by atoms with E-state index in [0.29, 0.717) is 31.5 Å². The van der Waals surface area contributed by atoms with Crippen molar-refractivity contribution in [3.05, 3.63) is 65.2 Å². The van der Waals surface area contributed by atoms with Gasteiger partial charge < -0.3 is 19.6 Å². The second-order valence-electron chi connectivity index (χ2n) is 7.83. The van der Waals surface area contributed by atoms with Crippen LogP contribution in [0.2, 0.25) is 0 Å². The van der Waals surface area contributed by atoms with Crippen molar-refractivity contribution in [2.24, 2.45) is 0 Å². The molecule has 28 heavy (non-hydrogen) atoms. The van der Waals surface area contributed by atoms with Gasteiger partial charge in [0, 0.05) is 18.5 Å². The molecule has 2 aromatic carbocycles. The predicted octanol–water partition coefficient (Wildman–Crippen LogP) is 2.62. The molecule has 3 saturated heterocycles. The molecule has 3 fully saturated rings. The molecule has 2 amide bonds. The topological polar surface area (TPSA) is 70.1 Å². The molecule has 1 spiro atoms. The van der Waals surface area contributed by atoms with Crippen molar-refractivity contribution in [3.63, 3.8) is 0 Å². The second kappa shape index (κ2) is 6.07. The Morgan fingerprint density at radius 3 is 2.75 bits per heavy atom. The fourth-order valence-corrected chi connectivity index (χ4v) is 4.95. The van der Waals surface area contributed by atoms with Crippen molar-refractivity contribution in [2.45, 2.75) is 37.6 Å². The Kier molecular flexibility index (Phi) is 3.74. The van der Waals surface area contributed by atoms with Gasteiger partial charge in [-0.2, -0.15) is 0 Å². The number of carbonyl (C=O) groups is 2. The zero-order valence-electron chi connectivity index (χ0n) is 15.7. The zero-order valence-corrected chi connectivity index (χ0v) is 15.7. The molecule has 0 aromatic heterocycles. The largest absolute Gasteiger partial charge is 0.508 e. The van der Waals surface area contributed by atoms with Gasteiger partial charge in [0.15, 0.2) is 5.72 Å². The fraction of sp³-hybridized carbons (Fsp3) is 0.364. The van der Waals surface area contributed by atoms with Crippen molar-refractivity contribution in [1.82, 2.24) is 9.80 Å². The molecule has 3 aliphatic rings. The number of likely N-dealkylation sites (tertiary alicyclic amines) is 1. The molecule has 0 bridgehead atoms. The van der Waals surface area contributed by atoms with Gasteiger partial charge in [-0.25, -0.2) is 0 Å². The van der Waals surface area contributed by atoms with E-state index in [0.717, 1.165) is 11.1 Å². The van der Waals surface area contributed by atoms with E-state index in [1.165, 1.54) is 6.07 Å². The summed E-state index contributed by atoms with van der Waals surface area (Å²) in [5, 5.41) is 9.63. The predicted molar refractivity (Wildman–Crippen MR) is 102 cm³/mol. The monoisotopic (exact) mass is 378 g/mol. The van der Waals surface area contributed by atoms with Crippen LogP contribution in [0.25, 0.3) is 0 Å². The molecule has 144 valence electrons. The number of hydrogen-bond acceptors (Lipinski definition) is 4. The van der Waals surface area contributed by atoms with Gasteiger partial charge in [-0.3, -0.25) is 9.59 Å². The summed E-state index contributed by atoms with van der Waals surface area (Å²) in [6.07, 6.45) is 0.749. The second-order valence-corrected chi connectivity index (χ2v) is 7.83. The fourth-order valence-electron chi connectivity index (χ4n) is 4.95. The first kappa shape index (κ1) is 17.3. The Morgan fingerprint density at radius 2 is 2.00 bits per heavy atom. The molecule has 3 aliphatic heterocycles. The van der Waals surface area contributed by atoms with Crippen LogP contribution < -0.4 is 0 Å². The Morgan fingerprint density at radius 1 is 1.21 bits per heavy atom. The van der Waals surface area contributed by atoms with Gasteiger partial charge in [0.25, 0.3) is 5.91 Å². The molecule has 0 saturated carbocycles. The van der Waals surface area contributed by atoms with E-state index in [2.05, 4.69) is 0 Å². The van der Waals surface area contributed by atoms with Crippen LogP contribution in [0.3, 0.4) is 0 Å². The average Bonchev–Trinajstić information content (AvgIpc) is 3.31. The first-order chi connectivity index (χ1) is 13.5. The van der Waals surface area contributed by atoms with Gasteiger partial charge >= 0.3 is 0 Å². The first-order valence-corrected chi connectivity index (χ1v) is 9.63. The van der Waals surface area contributed by atoms with Crippen molar-refractivity contribution in [1.29, 1.82) is 0 Å². The Balaban J connectivity index is 1.45. The number of ether oxygens (including phenoxy) is 1. The van der Waals surface area contributed by atoms with E-state index in [9.17, 15) is 14.7 Å². The van der Waals surface area contributed by atoms with Gasteiger partial charge in [0.1, 0.15) is 11.9 Å². The van der Waals surface area contributed by atoms with Crippen LogP contribution in [0.15, 0.2) is 48.5 Å². The SMILES string of the molecule is Cc1cc(O)ccc1C(=O)N1CC[C@@]23O[C@@H](c4ccccc4)CN2C(=O)C[C@@H]13. The normalized spacial score (nSPS) is 28.5. The minimum Gasteiger partial charge on any atom is -0.508 e. The van der Waals surface area contributed by atoms with E-state index in [4.69, 9.17) is 4.74 Å². The van der Waals surface area contributed by atoms with Crippen molar-refractivity contribution >= 4 is 11.8 Å². The third kappa shape index (κ3) is 2.37. The average molecular weight is 378 g/mol. The summed E-state index contributed by atoms with van der Waals surface area (Å²) in [6, 6.07) is 14.4. The zero-order chi connectivity index (χ0) is 19.5. The number of carbonyl (C=O) groups excluding carboxylic acids is 2. The van der Waals surface area contributed by atoms with E-state index in [1.807, 2.05) is 42.2 Å². The summed E-state index contributed by atoms with van der Waals surface area (Å²) < 4.78 is 6.49. The maximum absolute atomic E-state index is 13.2. The van der Waals surface area contributed by atoms with E-state index in [-0.39, 0.29) is 29.7 Å². The Hall–Kier alpha value is -2.86. The molecule has 3 atom stereocenters. The van der Waals surface area contributed by atoms with Gasteiger partial charge in [-0.1, -0.05) is 30.3 Å². The van der Waals surface area contributed by atoms with Crippen LogP contribution in [0, 0.1) is 6.92 Å². The summed E-state index contributed by atoms with van der Waals surface area (Å²) in [4.78, 5) is 29.6. The lowest BCUT2D eigenvalue weighted by molar-refractivity contribution is -0.138. The summed E-state index contributed by atoms with van der Waals surface area (Å²) in [5.74, 6) is 0.0723. The lowest BCUT2D eigenvalue weighted by atomic mass is 10.0. The number of phenolic OH excluding ortho intramolecular Hbond substituents is 1. The maximum Gasteiger partial charge on any atom is 0.254 e. The van der Waals surface area contributed by atoms with E-state index >= 15 is 0 Å². The van der Waals surface area contributed by atoms with Crippen LogP contribution in [0.1, 0.15) is 40.4 Å². The Labute approximate surface area is 163 Å². The smallest absolute Gasteiger partial charge is 0.254 e. The van der Waals surface area contributed by atoms with Gasteiger partial charge in [-0.05, 0) is 36.2 Å². The molecule has 0 aliphatic carbocycles. The van der Waals surface area contributed by atoms with E-state index < -0.39 is 5.72 Å². The van der Waals surface area contributed by atoms with Crippen LogP contribution >= 0.6 is 0 Å². The highest BCUT2D eigenvalue weighted by atomic mass is 16.5. The lowest BCUT2D eigenvalue weighted by Crippen LogP contribution is -2.48. The van der Waals surface area contributed by atoms with Crippen LogP contribution in [-0.2, 0) is 9.53 Å². The number of benzene rings is 2. The summed E-state index contributed by atoms with van der Waals surface area (Å²) >= 11 is 0. The molecule has 1 N–H and O–H groups in total. The molecular formula is C22H22N2O4. The molecule has 0 radical (unpaired) electrons. The van der Waals surface area contributed by atoms with Crippen molar-refractivity contribution < 1.29 is 19.4 Å². The molecule has 2 aromatic rings. The summed E-state index contributed by atoms with van der Waals surface area (Å²) in [7, 11) is 0. The molecule has 6 heteroatoms. The number of aromatic hydroxyl groups is 1. The maximum atomic E-state index is 13.2. The third-order valence-electron chi connectivity index (χ3n) is 6.30. The number of phenols is 1. The highest BCUT2D eigenvalue weighted by Gasteiger charge is 2.65. The van der Waals surface area contributed by atoms with Crippen LogP contribution in [-0.4, -0.2) is 51.6 Å². The number of hydrogen-bond donors (Lipinski definition) is 1. The quantitative estimate of drug-likeness (QED) is 0.872. The molecular weight excluding hydrogens is 356 g/mol. The van der Waals surface area contributed by atoms with Crippen LogP contribution in [0.4, 0.5) is 0 Å². The number of aryl methyl sites for hydroxylation is 1. The van der Waals surface area contributed by atoms with Gasteiger partial charge in [-0.15, -0.1) is 0 Å². The molecule has 0 unspecified atom stereocenters. The minimum absolute atomic E-state index is 0.0448. The minimum atomic E-state index is -0.724. The third-order valence-corrected chi connectivity index (χ3v) is 6.30. The number of amides is 2. The molecule has 6 nitrogen and oxygen atoms in total. The molecule has 3 heterocycles. The molecule has 5 rings (SSSR count). The highest BCUT2D eigenvalue weighted by Crippen LogP contribution is 2.50. The first-order valence-electron chi connectivity index (χ1n) is 9.63. The summed E-state index contributed by atoms with van der Waals surface area (Å²) in [6.45, 7) is 2.89. The van der Waals surface area contributed by atoms with Gasteiger partial charge in [0.2, 0.25) is 5.91 Å². The Bertz CT molecular complexity index is 960. The number of rotatable bonds is 2. The van der Waals surface area contributed by atoms with Crippen LogP contribution in [0.5, 0.6) is 5.75 Å². The van der Waals surface area contributed by atoms with Gasteiger partial charge in [0.05, 0.1) is 19.0 Å². The van der Waals surface area contributed by atoms with E-state index in [1.54, 1.807) is 17.0 Å². The standard InChI is InChI=1S/C22H22N2O4/c1-14-11-16(25)7-8-17(14)21(27)23-10-9-22-19(23)12-20(26)24(22)13-18(28-22)15-5-3-2-4-6-15/h2-8,11,18-19,25H,9-10,12-13H2,1H3/t18-,19-,22+/m1/s1. The highest BCUT2D eigenvalue weighted by molar-refractivity contribution is 5.97. The lowest BCUT2D eigenvalue weighted by Gasteiger charge is -2.32. The van der Waals surface area contributed by atoms with Crippen molar-refractivity contribution in [3.8, 4) is 5.75 Å². The summed E-state index contributed by atoms with van der Waals surface area (Å²) in [5.41, 5.74) is 1.61.